The molecule has 18 heavy (non-hydrogen) atoms. The average molecular weight is 272 g/mol. The van der Waals surface area contributed by atoms with Crippen molar-refractivity contribution in [2.45, 2.75) is 58.4 Å². The molecule has 0 aromatic rings. The summed E-state index contributed by atoms with van der Waals surface area (Å²) in [5, 5.41) is 9.45. The summed E-state index contributed by atoms with van der Waals surface area (Å²) in [7, 11) is 0. The molecule has 4 heteroatoms. The van der Waals surface area contributed by atoms with Crippen LogP contribution >= 0.6 is 12.2 Å². The minimum absolute atomic E-state index is 0.0457. The predicted octanol–water partition coefficient (Wildman–Crippen LogP) is 2.32. The summed E-state index contributed by atoms with van der Waals surface area (Å²) in [4.78, 5) is 3.06. The SMILES string of the molecule is CC(C)(CCCN1CCCCCC1CO)C(N)=S. The first-order valence-corrected chi connectivity index (χ1v) is 7.53. The monoisotopic (exact) mass is 272 g/mol. The van der Waals surface area contributed by atoms with Gasteiger partial charge in [0, 0.05) is 11.5 Å². The van der Waals surface area contributed by atoms with Crippen LogP contribution in [-0.4, -0.2) is 40.7 Å². The van der Waals surface area contributed by atoms with Gasteiger partial charge in [0.05, 0.1) is 11.6 Å². The van der Waals surface area contributed by atoms with E-state index in [-0.39, 0.29) is 5.41 Å². The Balaban J connectivity index is 2.38. The quantitative estimate of drug-likeness (QED) is 0.729. The van der Waals surface area contributed by atoms with Gasteiger partial charge in [-0.3, -0.25) is 4.90 Å². The van der Waals surface area contributed by atoms with E-state index in [9.17, 15) is 5.11 Å². The second-order valence-corrected chi connectivity index (χ2v) is 6.51. The molecule has 0 bridgehead atoms. The van der Waals surface area contributed by atoms with E-state index in [1.807, 2.05) is 0 Å². The maximum absolute atomic E-state index is 9.45. The molecule has 0 aromatic carbocycles. The molecule has 1 unspecified atom stereocenters. The van der Waals surface area contributed by atoms with Crippen molar-refractivity contribution in [2.75, 3.05) is 19.7 Å². The number of nitrogens with zero attached hydrogens (tertiary/aromatic N) is 1. The molecule has 0 spiro atoms. The molecular formula is C14H28N2OS. The first-order valence-electron chi connectivity index (χ1n) is 7.12. The van der Waals surface area contributed by atoms with Crippen molar-refractivity contribution < 1.29 is 5.11 Å². The Morgan fingerprint density at radius 3 is 2.72 bits per heavy atom. The van der Waals surface area contributed by atoms with Crippen LogP contribution in [0, 0.1) is 5.41 Å². The Hall–Kier alpha value is -0.190. The first kappa shape index (κ1) is 15.9. The van der Waals surface area contributed by atoms with Crippen LogP contribution in [0.4, 0.5) is 0 Å². The summed E-state index contributed by atoms with van der Waals surface area (Å²) in [5.74, 6) is 0. The van der Waals surface area contributed by atoms with Crippen molar-refractivity contribution >= 4 is 17.2 Å². The van der Waals surface area contributed by atoms with Gasteiger partial charge >= 0.3 is 0 Å². The van der Waals surface area contributed by atoms with Gasteiger partial charge in [0.1, 0.15) is 0 Å². The van der Waals surface area contributed by atoms with Gasteiger partial charge in [-0.15, -0.1) is 0 Å². The molecular weight excluding hydrogens is 244 g/mol. The molecule has 1 saturated heterocycles. The second kappa shape index (κ2) is 7.41. The molecule has 0 aliphatic carbocycles. The first-order chi connectivity index (χ1) is 8.47. The summed E-state index contributed by atoms with van der Waals surface area (Å²) < 4.78 is 0. The minimum Gasteiger partial charge on any atom is -0.395 e. The lowest BCUT2D eigenvalue weighted by molar-refractivity contribution is 0.121. The largest absolute Gasteiger partial charge is 0.395 e. The van der Waals surface area contributed by atoms with Gasteiger partial charge in [0.25, 0.3) is 0 Å². The molecule has 0 radical (unpaired) electrons. The Morgan fingerprint density at radius 2 is 2.11 bits per heavy atom. The molecule has 1 atom stereocenters. The van der Waals surface area contributed by atoms with E-state index in [0.29, 0.717) is 17.6 Å². The van der Waals surface area contributed by atoms with Gasteiger partial charge < -0.3 is 10.8 Å². The van der Waals surface area contributed by atoms with Gasteiger partial charge in [0.15, 0.2) is 0 Å². The number of nitrogens with two attached hydrogens (primary N) is 1. The van der Waals surface area contributed by atoms with Crippen LogP contribution in [0.2, 0.25) is 0 Å². The number of rotatable bonds is 6. The van der Waals surface area contributed by atoms with Crippen LogP contribution in [0.25, 0.3) is 0 Å². The fourth-order valence-corrected chi connectivity index (χ4v) is 2.69. The van der Waals surface area contributed by atoms with Crippen LogP contribution in [-0.2, 0) is 0 Å². The van der Waals surface area contributed by atoms with E-state index in [0.717, 1.165) is 32.4 Å². The minimum atomic E-state index is -0.0457. The number of aliphatic hydroxyl groups is 1. The second-order valence-electron chi connectivity index (χ2n) is 6.07. The van der Waals surface area contributed by atoms with Crippen LogP contribution in [0.3, 0.4) is 0 Å². The molecule has 1 heterocycles. The van der Waals surface area contributed by atoms with Crippen molar-refractivity contribution in [3.8, 4) is 0 Å². The summed E-state index contributed by atoms with van der Waals surface area (Å²) in [6.07, 6.45) is 7.06. The lowest BCUT2D eigenvalue weighted by atomic mass is 9.88. The Morgan fingerprint density at radius 1 is 1.39 bits per heavy atom. The zero-order chi connectivity index (χ0) is 13.6. The zero-order valence-electron chi connectivity index (χ0n) is 11.8. The molecule has 0 aromatic heterocycles. The third-order valence-corrected chi connectivity index (χ3v) is 4.68. The van der Waals surface area contributed by atoms with E-state index >= 15 is 0 Å². The Labute approximate surface area is 117 Å². The highest BCUT2D eigenvalue weighted by molar-refractivity contribution is 7.80. The van der Waals surface area contributed by atoms with Crippen molar-refractivity contribution in [3.63, 3.8) is 0 Å². The van der Waals surface area contributed by atoms with Crippen LogP contribution in [0.15, 0.2) is 0 Å². The number of likely N-dealkylation sites (tertiary alicyclic amines) is 1. The predicted molar refractivity (Wildman–Crippen MR) is 80.7 cm³/mol. The van der Waals surface area contributed by atoms with Gasteiger partial charge in [-0.25, -0.2) is 0 Å². The lowest BCUT2D eigenvalue weighted by Crippen LogP contribution is -2.39. The van der Waals surface area contributed by atoms with Gasteiger partial charge in [-0.1, -0.05) is 38.9 Å². The molecule has 3 nitrogen and oxygen atoms in total. The Kier molecular flexibility index (Phi) is 6.53. The van der Waals surface area contributed by atoms with E-state index in [1.165, 1.54) is 19.3 Å². The molecule has 1 aliphatic heterocycles. The summed E-state index contributed by atoms with van der Waals surface area (Å²) in [6.45, 7) is 6.69. The van der Waals surface area contributed by atoms with Crippen molar-refractivity contribution in [2.24, 2.45) is 11.1 Å². The van der Waals surface area contributed by atoms with Gasteiger partial charge in [-0.2, -0.15) is 0 Å². The van der Waals surface area contributed by atoms with Crippen molar-refractivity contribution in [3.05, 3.63) is 0 Å². The molecule has 106 valence electrons. The number of thiocarbonyl (C=S) groups is 1. The molecule has 0 saturated carbocycles. The molecule has 1 rings (SSSR count). The molecule has 3 N–H and O–H groups in total. The fraction of sp³-hybridized carbons (Fsp3) is 0.929. The Bertz CT molecular complexity index is 269. The average Bonchev–Trinajstić information content (AvgIpc) is 2.53. The lowest BCUT2D eigenvalue weighted by Gasteiger charge is -2.30. The number of hydrogen-bond acceptors (Lipinski definition) is 3. The highest BCUT2D eigenvalue weighted by Gasteiger charge is 2.23. The van der Waals surface area contributed by atoms with Crippen molar-refractivity contribution in [1.82, 2.24) is 4.90 Å². The topological polar surface area (TPSA) is 49.5 Å². The standard InChI is InChI=1S/C14H28N2OS/c1-14(2,13(15)18)8-6-10-16-9-5-3-4-7-12(16)11-17/h12,17H,3-11H2,1-2H3,(H2,15,18). The van der Waals surface area contributed by atoms with Crippen LogP contribution in [0.1, 0.15) is 52.4 Å². The number of aliphatic hydroxyl groups excluding tert-OH is 1. The third-order valence-electron chi connectivity index (χ3n) is 4.12. The molecule has 0 amide bonds. The smallest absolute Gasteiger partial charge is 0.0784 e. The molecule has 1 aliphatic rings. The van der Waals surface area contributed by atoms with Crippen LogP contribution in [0.5, 0.6) is 0 Å². The van der Waals surface area contributed by atoms with Crippen LogP contribution < -0.4 is 5.73 Å². The summed E-state index contributed by atoms with van der Waals surface area (Å²) in [5.41, 5.74) is 5.70. The van der Waals surface area contributed by atoms with Gasteiger partial charge in [-0.05, 0) is 38.8 Å². The highest BCUT2D eigenvalue weighted by atomic mass is 32.1. The van der Waals surface area contributed by atoms with E-state index < -0.39 is 0 Å². The van der Waals surface area contributed by atoms with Crippen molar-refractivity contribution in [1.29, 1.82) is 0 Å². The summed E-state index contributed by atoms with van der Waals surface area (Å²) >= 11 is 5.09. The zero-order valence-corrected chi connectivity index (χ0v) is 12.6. The van der Waals surface area contributed by atoms with E-state index in [4.69, 9.17) is 18.0 Å². The van der Waals surface area contributed by atoms with E-state index in [1.54, 1.807) is 0 Å². The molecule has 1 fully saturated rings. The number of hydrogen-bond donors (Lipinski definition) is 2. The normalized spacial score (nSPS) is 22.7. The van der Waals surface area contributed by atoms with Gasteiger partial charge in [0.2, 0.25) is 0 Å². The fourth-order valence-electron chi connectivity index (χ4n) is 2.59. The summed E-state index contributed by atoms with van der Waals surface area (Å²) in [6, 6.07) is 0.362. The van der Waals surface area contributed by atoms with E-state index in [2.05, 4.69) is 18.7 Å². The maximum atomic E-state index is 9.45. The maximum Gasteiger partial charge on any atom is 0.0784 e. The third kappa shape index (κ3) is 4.82. The highest BCUT2D eigenvalue weighted by Crippen LogP contribution is 2.24.